The topological polar surface area (TPSA) is 41.5 Å². The molecule has 0 spiro atoms. The summed E-state index contributed by atoms with van der Waals surface area (Å²) in [6.45, 7) is 7.70. The normalized spacial score (nSPS) is 12.7. The van der Waals surface area contributed by atoms with Gasteiger partial charge >= 0.3 is 0 Å². The van der Waals surface area contributed by atoms with Crippen LogP contribution < -0.4 is 10.1 Å². The molecule has 1 unspecified atom stereocenters. The molecule has 0 aromatic heterocycles. The van der Waals surface area contributed by atoms with Gasteiger partial charge in [0.1, 0.15) is 5.75 Å². The fourth-order valence-electron chi connectivity index (χ4n) is 1.71. The molecule has 0 aliphatic heterocycles. The second kappa shape index (κ2) is 8.11. The standard InChI is InChI=1S/C15H25NO2/c1-4-14(17)8-9-16-11-13-6-5-7-15(10-13)18-12(2)3/h5-7,10,12,14,16-17H,4,8-9,11H2,1-3H3. The first-order valence-corrected chi connectivity index (χ1v) is 6.76. The molecule has 1 rings (SSSR count). The Morgan fingerprint density at radius 2 is 2.11 bits per heavy atom. The first kappa shape index (κ1) is 15.0. The van der Waals surface area contributed by atoms with Gasteiger partial charge in [-0.05, 0) is 50.9 Å². The van der Waals surface area contributed by atoms with E-state index in [1.807, 2.05) is 32.9 Å². The lowest BCUT2D eigenvalue weighted by Crippen LogP contribution is -2.19. The van der Waals surface area contributed by atoms with Crippen molar-refractivity contribution in [3.05, 3.63) is 29.8 Å². The molecule has 3 heteroatoms. The van der Waals surface area contributed by atoms with Gasteiger partial charge in [-0.3, -0.25) is 0 Å². The number of hydrogen-bond donors (Lipinski definition) is 2. The summed E-state index contributed by atoms with van der Waals surface area (Å²) in [5.74, 6) is 0.915. The van der Waals surface area contributed by atoms with Crippen molar-refractivity contribution in [2.75, 3.05) is 6.54 Å². The molecule has 2 N–H and O–H groups in total. The molecule has 0 radical (unpaired) electrons. The molecule has 1 atom stereocenters. The molecule has 0 aliphatic carbocycles. The Morgan fingerprint density at radius 3 is 2.78 bits per heavy atom. The fourth-order valence-corrected chi connectivity index (χ4v) is 1.71. The van der Waals surface area contributed by atoms with Crippen LogP contribution in [-0.2, 0) is 6.54 Å². The van der Waals surface area contributed by atoms with Crippen molar-refractivity contribution in [3.8, 4) is 5.75 Å². The summed E-state index contributed by atoms with van der Waals surface area (Å²) in [7, 11) is 0. The Hall–Kier alpha value is -1.06. The van der Waals surface area contributed by atoms with Crippen LogP contribution in [0.3, 0.4) is 0 Å². The van der Waals surface area contributed by atoms with Crippen LogP contribution in [0.2, 0.25) is 0 Å². The molecule has 0 amide bonds. The summed E-state index contributed by atoms with van der Waals surface area (Å²) in [5, 5.41) is 12.8. The Balaban J connectivity index is 2.33. The zero-order valence-corrected chi connectivity index (χ0v) is 11.6. The zero-order chi connectivity index (χ0) is 13.4. The van der Waals surface area contributed by atoms with Crippen LogP contribution in [0.1, 0.15) is 39.2 Å². The van der Waals surface area contributed by atoms with E-state index >= 15 is 0 Å². The molecular weight excluding hydrogens is 226 g/mol. The Morgan fingerprint density at radius 1 is 1.33 bits per heavy atom. The van der Waals surface area contributed by atoms with Gasteiger partial charge in [0.2, 0.25) is 0 Å². The number of aliphatic hydroxyl groups excluding tert-OH is 1. The van der Waals surface area contributed by atoms with Crippen LogP contribution >= 0.6 is 0 Å². The van der Waals surface area contributed by atoms with E-state index in [0.717, 1.165) is 31.7 Å². The molecular formula is C15H25NO2. The van der Waals surface area contributed by atoms with Gasteiger partial charge in [0.05, 0.1) is 12.2 Å². The monoisotopic (exact) mass is 251 g/mol. The van der Waals surface area contributed by atoms with Crippen molar-refractivity contribution in [3.63, 3.8) is 0 Å². The third-order valence-corrected chi connectivity index (χ3v) is 2.72. The fraction of sp³-hybridized carbons (Fsp3) is 0.600. The number of aliphatic hydroxyl groups is 1. The van der Waals surface area contributed by atoms with Gasteiger partial charge in [0.15, 0.2) is 0 Å². The van der Waals surface area contributed by atoms with E-state index in [1.165, 1.54) is 5.56 Å². The highest BCUT2D eigenvalue weighted by atomic mass is 16.5. The highest BCUT2D eigenvalue weighted by molar-refractivity contribution is 5.28. The molecule has 0 fully saturated rings. The van der Waals surface area contributed by atoms with E-state index in [9.17, 15) is 5.11 Å². The van der Waals surface area contributed by atoms with Crippen LogP contribution in [0, 0.1) is 0 Å². The quantitative estimate of drug-likeness (QED) is 0.698. The molecule has 0 saturated heterocycles. The van der Waals surface area contributed by atoms with Crippen LogP contribution in [-0.4, -0.2) is 23.9 Å². The predicted octanol–water partition coefficient (Wildman–Crippen LogP) is 2.72. The van der Waals surface area contributed by atoms with Gasteiger partial charge < -0.3 is 15.2 Å². The Kier molecular flexibility index (Phi) is 6.76. The predicted molar refractivity (Wildman–Crippen MR) is 74.8 cm³/mol. The van der Waals surface area contributed by atoms with Crippen LogP contribution in [0.15, 0.2) is 24.3 Å². The van der Waals surface area contributed by atoms with Crippen molar-refractivity contribution >= 4 is 0 Å². The first-order valence-electron chi connectivity index (χ1n) is 6.76. The van der Waals surface area contributed by atoms with Gasteiger partial charge in [-0.15, -0.1) is 0 Å². The zero-order valence-electron chi connectivity index (χ0n) is 11.6. The molecule has 1 aromatic carbocycles. The third kappa shape index (κ3) is 6.03. The number of benzene rings is 1. The Labute approximate surface area is 110 Å². The van der Waals surface area contributed by atoms with Crippen molar-refractivity contribution in [1.82, 2.24) is 5.32 Å². The van der Waals surface area contributed by atoms with Crippen LogP contribution in [0.4, 0.5) is 0 Å². The number of hydrogen-bond acceptors (Lipinski definition) is 3. The summed E-state index contributed by atoms with van der Waals surface area (Å²) in [6, 6.07) is 8.12. The van der Waals surface area contributed by atoms with Gasteiger partial charge in [0.25, 0.3) is 0 Å². The minimum Gasteiger partial charge on any atom is -0.491 e. The maximum absolute atomic E-state index is 9.44. The van der Waals surface area contributed by atoms with Crippen molar-refractivity contribution in [2.24, 2.45) is 0 Å². The summed E-state index contributed by atoms with van der Waals surface area (Å²) >= 11 is 0. The summed E-state index contributed by atoms with van der Waals surface area (Å²) in [4.78, 5) is 0. The van der Waals surface area contributed by atoms with E-state index in [-0.39, 0.29) is 12.2 Å². The Bertz CT molecular complexity index is 339. The number of ether oxygens (including phenoxy) is 1. The second-order valence-electron chi connectivity index (χ2n) is 4.84. The molecule has 0 bridgehead atoms. The van der Waals surface area contributed by atoms with Gasteiger partial charge in [-0.2, -0.15) is 0 Å². The molecule has 0 aliphatic rings. The van der Waals surface area contributed by atoms with Gasteiger partial charge in [-0.25, -0.2) is 0 Å². The first-order chi connectivity index (χ1) is 8.61. The molecule has 0 saturated carbocycles. The average molecular weight is 251 g/mol. The lowest BCUT2D eigenvalue weighted by Gasteiger charge is -2.12. The SMILES string of the molecule is CCC(O)CCNCc1cccc(OC(C)C)c1. The third-order valence-electron chi connectivity index (χ3n) is 2.72. The maximum atomic E-state index is 9.44. The van der Waals surface area contributed by atoms with E-state index in [1.54, 1.807) is 0 Å². The average Bonchev–Trinajstić information content (AvgIpc) is 2.34. The summed E-state index contributed by atoms with van der Waals surface area (Å²) < 4.78 is 5.65. The number of nitrogens with one attached hydrogen (secondary N) is 1. The van der Waals surface area contributed by atoms with Crippen LogP contribution in [0.5, 0.6) is 5.75 Å². The lowest BCUT2D eigenvalue weighted by molar-refractivity contribution is 0.159. The highest BCUT2D eigenvalue weighted by Gasteiger charge is 2.01. The van der Waals surface area contributed by atoms with E-state index in [4.69, 9.17) is 4.74 Å². The van der Waals surface area contributed by atoms with E-state index < -0.39 is 0 Å². The minimum absolute atomic E-state index is 0.187. The molecule has 0 heterocycles. The molecule has 18 heavy (non-hydrogen) atoms. The van der Waals surface area contributed by atoms with E-state index in [2.05, 4.69) is 17.4 Å². The molecule has 3 nitrogen and oxygen atoms in total. The maximum Gasteiger partial charge on any atom is 0.120 e. The summed E-state index contributed by atoms with van der Waals surface area (Å²) in [6.07, 6.45) is 1.64. The molecule has 102 valence electrons. The second-order valence-corrected chi connectivity index (χ2v) is 4.84. The van der Waals surface area contributed by atoms with Gasteiger partial charge in [0, 0.05) is 6.54 Å². The summed E-state index contributed by atoms with van der Waals surface area (Å²) in [5.41, 5.74) is 1.21. The minimum atomic E-state index is -0.187. The smallest absolute Gasteiger partial charge is 0.120 e. The van der Waals surface area contributed by atoms with Crippen molar-refractivity contribution < 1.29 is 9.84 Å². The highest BCUT2D eigenvalue weighted by Crippen LogP contribution is 2.14. The largest absolute Gasteiger partial charge is 0.491 e. The van der Waals surface area contributed by atoms with Crippen molar-refractivity contribution in [1.29, 1.82) is 0 Å². The number of rotatable bonds is 8. The molecule has 1 aromatic rings. The van der Waals surface area contributed by atoms with Crippen LogP contribution in [0.25, 0.3) is 0 Å². The van der Waals surface area contributed by atoms with E-state index in [0.29, 0.717) is 0 Å². The van der Waals surface area contributed by atoms with Crippen molar-refractivity contribution in [2.45, 2.75) is 52.4 Å². The van der Waals surface area contributed by atoms with Gasteiger partial charge in [-0.1, -0.05) is 19.1 Å². The lowest BCUT2D eigenvalue weighted by atomic mass is 10.2.